The molecule has 10 heteroatoms. The second kappa shape index (κ2) is 6.36. The summed E-state index contributed by atoms with van der Waals surface area (Å²) in [4.78, 5) is 31.5. The molecule has 118 valence electrons. The van der Waals surface area contributed by atoms with Crippen molar-refractivity contribution in [2.45, 2.75) is 0 Å². The largest absolute Gasteiger partial charge is 0.423 e. The van der Waals surface area contributed by atoms with Gasteiger partial charge < -0.3 is 4.74 Å². The molecule has 0 aliphatic heterocycles. The first kappa shape index (κ1) is 16.3. The summed E-state index contributed by atoms with van der Waals surface area (Å²) in [5.41, 5.74) is -1.50. The molecule has 2 aromatic rings. The topological polar surface area (TPSA) is 113 Å². The van der Waals surface area contributed by atoms with E-state index < -0.39 is 27.3 Å². The van der Waals surface area contributed by atoms with Gasteiger partial charge in [-0.1, -0.05) is 11.6 Å². The van der Waals surface area contributed by atoms with E-state index in [0.717, 1.165) is 36.4 Å². The summed E-state index contributed by atoms with van der Waals surface area (Å²) < 4.78 is 18.1. The second-order valence-corrected chi connectivity index (χ2v) is 4.59. The van der Waals surface area contributed by atoms with Crippen LogP contribution in [0.15, 0.2) is 36.4 Å². The number of carbonyl (C=O) groups excluding carboxylic acids is 1. The monoisotopic (exact) mass is 340 g/mol. The zero-order valence-corrected chi connectivity index (χ0v) is 11.8. The Kier molecular flexibility index (Phi) is 4.51. The summed E-state index contributed by atoms with van der Waals surface area (Å²) in [5, 5.41) is 21.0. The summed E-state index contributed by atoms with van der Waals surface area (Å²) >= 11 is 5.67. The average Bonchev–Trinajstić information content (AvgIpc) is 2.46. The number of carbonyl (C=O) groups is 1. The van der Waals surface area contributed by atoms with E-state index in [9.17, 15) is 29.4 Å². The highest BCUT2D eigenvalue weighted by molar-refractivity contribution is 6.32. The standard InChI is InChI=1S/C13H6ClFN2O6/c14-9-6-8(2-4-11(9)16(19)20)23-13(18)7-1-3-10(15)12(5-7)17(21)22/h1-6H. The van der Waals surface area contributed by atoms with Crippen molar-refractivity contribution in [3.8, 4) is 5.75 Å². The number of hydrogen-bond acceptors (Lipinski definition) is 6. The van der Waals surface area contributed by atoms with Crippen molar-refractivity contribution in [1.82, 2.24) is 0 Å². The van der Waals surface area contributed by atoms with Crippen molar-refractivity contribution in [3.05, 3.63) is 73.0 Å². The molecule has 2 rings (SSSR count). The quantitative estimate of drug-likeness (QED) is 0.364. The lowest BCUT2D eigenvalue weighted by molar-refractivity contribution is -0.387. The number of nitro benzene ring substituents is 2. The maximum atomic E-state index is 13.2. The highest BCUT2D eigenvalue weighted by atomic mass is 35.5. The van der Waals surface area contributed by atoms with Crippen LogP contribution in [-0.2, 0) is 0 Å². The predicted octanol–water partition coefficient (Wildman–Crippen LogP) is 3.51. The fraction of sp³-hybridized carbons (Fsp3) is 0. The first-order valence-electron chi connectivity index (χ1n) is 5.89. The molecule has 0 radical (unpaired) electrons. The molecule has 0 N–H and O–H groups in total. The zero-order chi connectivity index (χ0) is 17.1. The molecule has 0 aliphatic rings. The number of hydrogen-bond donors (Lipinski definition) is 0. The van der Waals surface area contributed by atoms with Crippen LogP contribution in [0.1, 0.15) is 10.4 Å². The van der Waals surface area contributed by atoms with E-state index in [4.69, 9.17) is 16.3 Å². The van der Waals surface area contributed by atoms with E-state index in [2.05, 4.69) is 0 Å². The molecular formula is C13H6ClFN2O6. The third kappa shape index (κ3) is 3.58. The lowest BCUT2D eigenvalue weighted by Crippen LogP contribution is -2.09. The molecule has 0 saturated heterocycles. The van der Waals surface area contributed by atoms with Gasteiger partial charge in [0.05, 0.1) is 15.4 Å². The highest BCUT2D eigenvalue weighted by Crippen LogP contribution is 2.29. The van der Waals surface area contributed by atoms with Gasteiger partial charge in [-0.25, -0.2) is 4.79 Å². The molecule has 0 spiro atoms. The number of benzene rings is 2. The summed E-state index contributed by atoms with van der Waals surface area (Å²) in [7, 11) is 0. The van der Waals surface area contributed by atoms with Crippen LogP contribution in [0.4, 0.5) is 15.8 Å². The Hall–Kier alpha value is -3.07. The number of rotatable bonds is 4. The Morgan fingerprint density at radius 2 is 1.70 bits per heavy atom. The van der Waals surface area contributed by atoms with Crippen LogP contribution in [0.2, 0.25) is 5.02 Å². The van der Waals surface area contributed by atoms with Crippen molar-refractivity contribution >= 4 is 28.9 Å². The summed E-state index contributed by atoms with van der Waals surface area (Å²) in [6.45, 7) is 0. The smallest absolute Gasteiger partial charge is 0.343 e. The summed E-state index contributed by atoms with van der Waals surface area (Å²) in [5.74, 6) is -2.19. The minimum atomic E-state index is -1.09. The molecule has 2 aromatic carbocycles. The van der Waals surface area contributed by atoms with E-state index in [-0.39, 0.29) is 22.0 Å². The molecule has 0 saturated carbocycles. The van der Waals surface area contributed by atoms with Gasteiger partial charge in [-0.15, -0.1) is 0 Å². The van der Waals surface area contributed by atoms with E-state index in [1.165, 1.54) is 0 Å². The van der Waals surface area contributed by atoms with Crippen molar-refractivity contribution < 1.29 is 23.8 Å². The molecule has 0 unspecified atom stereocenters. The van der Waals surface area contributed by atoms with Crippen LogP contribution in [0.5, 0.6) is 5.75 Å². The Morgan fingerprint density at radius 1 is 1.04 bits per heavy atom. The van der Waals surface area contributed by atoms with Crippen LogP contribution in [0, 0.1) is 26.0 Å². The molecule has 0 aliphatic carbocycles. The van der Waals surface area contributed by atoms with Gasteiger partial charge in [-0.05, 0) is 18.2 Å². The fourth-order valence-electron chi connectivity index (χ4n) is 1.64. The molecule has 8 nitrogen and oxygen atoms in total. The molecule has 0 atom stereocenters. The number of nitro groups is 2. The first-order chi connectivity index (χ1) is 10.8. The fourth-order valence-corrected chi connectivity index (χ4v) is 1.88. The normalized spacial score (nSPS) is 10.2. The van der Waals surface area contributed by atoms with Crippen LogP contribution in [0.3, 0.4) is 0 Å². The molecule has 23 heavy (non-hydrogen) atoms. The maximum absolute atomic E-state index is 13.2. The molecular weight excluding hydrogens is 335 g/mol. The van der Waals surface area contributed by atoms with Gasteiger partial charge in [-0.2, -0.15) is 4.39 Å². The zero-order valence-electron chi connectivity index (χ0n) is 11.1. The third-order valence-electron chi connectivity index (χ3n) is 2.70. The van der Waals surface area contributed by atoms with Crippen molar-refractivity contribution in [3.63, 3.8) is 0 Å². The minimum Gasteiger partial charge on any atom is -0.423 e. The molecule has 0 aromatic heterocycles. The molecule has 0 amide bonds. The Bertz CT molecular complexity index is 826. The number of halogens is 2. The van der Waals surface area contributed by atoms with E-state index >= 15 is 0 Å². The van der Waals surface area contributed by atoms with Gasteiger partial charge in [0, 0.05) is 18.2 Å². The van der Waals surface area contributed by atoms with E-state index in [1.54, 1.807) is 0 Å². The SMILES string of the molecule is O=C(Oc1ccc([N+](=O)[O-])c(Cl)c1)c1ccc(F)c([N+](=O)[O-])c1. The van der Waals surface area contributed by atoms with Gasteiger partial charge in [-0.3, -0.25) is 20.2 Å². The Balaban J connectivity index is 2.26. The Morgan fingerprint density at radius 3 is 2.26 bits per heavy atom. The Labute approximate surface area is 132 Å². The van der Waals surface area contributed by atoms with Gasteiger partial charge >= 0.3 is 11.7 Å². The third-order valence-corrected chi connectivity index (χ3v) is 3.01. The van der Waals surface area contributed by atoms with Crippen LogP contribution >= 0.6 is 11.6 Å². The molecule has 0 bridgehead atoms. The number of nitrogens with zero attached hydrogens (tertiary/aromatic N) is 2. The maximum Gasteiger partial charge on any atom is 0.343 e. The van der Waals surface area contributed by atoms with Gasteiger partial charge in [0.1, 0.15) is 10.8 Å². The van der Waals surface area contributed by atoms with Crippen molar-refractivity contribution in [2.24, 2.45) is 0 Å². The molecule has 0 heterocycles. The van der Waals surface area contributed by atoms with Crippen molar-refractivity contribution in [1.29, 1.82) is 0 Å². The van der Waals surface area contributed by atoms with Crippen LogP contribution in [0.25, 0.3) is 0 Å². The highest BCUT2D eigenvalue weighted by Gasteiger charge is 2.20. The van der Waals surface area contributed by atoms with E-state index in [0.29, 0.717) is 0 Å². The number of ether oxygens (including phenoxy) is 1. The summed E-state index contributed by atoms with van der Waals surface area (Å²) in [6, 6.07) is 5.73. The van der Waals surface area contributed by atoms with Gasteiger partial charge in [0.15, 0.2) is 0 Å². The van der Waals surface area contributed by atoms with Gasteiger partial charge in [0.25, 0.3) is 5.69 Å². The van der Waals surface area contributed by atoms with Crippen LogP contribution < -0.4 is 4.74 Å². The first-order valence-corrected chi connectivity index (χ1v) is 6.27. The predicted molar refractivity (Wildman–Crippen MR) is 76.1 cm³/mol. The molecule has 0 fully saturated rings. The average molecular weight is 341 g/mol. The van der Waals surface area contributed by atoms with Gasteiger partial charge in [0.2, 0.25) is 5.82 Å². The summed E-state index contributed by atoms with van der Waals surface area (Å²) in [6.07, 6.45) is 0. The second-order valence-electron chi connectivity index (χ2n) is 4.18. The lowest BCUT2D eigenvalue weighted by atomic mass is 10.2. The van der Waals surface area contributed by atoms with Crippen molar-refractivity contribution in [2.75, 3.05) is 0 Å². The lowest BCUT2D eigenvalue weighted by Gasteiger charge is -2.05. The number of esters is 1. The van der Waals surface area contributed by atoms with E-state index in [1.807, 2.05) is 0 Å². The minimum absolute atomic E-state index is 0.0995. The van der Waals surface area contributed by atoms with Crippen LogP contribution in [-0.4, -0.2) is 15.8 Å².